The number of nitrogens with two attached hydrogens (primary N) is 1. The van der Waals surface area contributed by atoms with Crippen LogP contribution in [0.3, 0.4) is 0 Å². The second-order valence-corrected chi connectivity index (χ2v) is 6.40. The van der Waals surface area contributed by atoms with E-state index < -0.39 is 0 Å². The minimum absolute atomic E-state index is 0.289. The highest BCUT2D eigenvalue weighted by molar-refractivity contribution is 5.01. The van der Waals surface area contributed by atoms with Crippen molar-refractivity contribution in [1.29, 1.82) is 0 Å². The molecule has 1 aliphatic rings. The first kappa shape index (κ1) is 14.0. The molecule has 1 aliphatic carbocycles. The quantitative estimate of drug-likeness (QED) is 0.705. The third-order valence-corrected chi connectivity index (χ3v) is 4.36. The van der Waals surface area contributed by atoms with Crippen molar-refractivity contribution in [2.24, 2.45) is 11.1 Å². The molecule has 0 saturated heterocycles. The van der Waals surface area contributed by atoms with Crippen molar-refractivity contribution in [3.63, 3.8) is 0 Å². The van der Waals surface area contributed by atoms with Gasteiger partial charge in [-0.05, 0) is 44.7 Å². The highest BCUT2D eigenvalue weighted by atomic mass is 15.2. The Balaban J connectivity index is 2.53. The lowest BCUT2D eigenvalue weighted by Crippen LogP contribution is -2.51. The summed E-state index contributed by atoms with van der Waals surface area (Å²) in [5.74, 6) is 0. The van der Waals surface area contributed by atoms with Gasteiger partial charge in [-0.25, -0.2) is 0 Å². The average molecular weight is 226 g/mol. The van der Waals surface area contributed by atoms with Gasteiger partial charge in [0.15, 0.2) is 0 Å². The molecule has 2 heteroatoms. The Kier molecular flexibility index (Phi) is 4.81. The summed E-state index contributed by atoms with van der Waals surface area (Å²) in [7, 11) is 2.27. The van der Waals surface area contributed by atoms with Crippen molar-refractivity contribution < 1.29 is 0 Å². The van der Waals surface area contributed by atoms with Crippen LogP contribution in [0.5, 0.6) is 0 Å². The summed E-state index contributed by atoms with van der Waals surface area (Å²) < 4.78 is 0. The van der Waals surface area contributed by atoms with Gasteiger partial charge in [-0.15, -0.1) is 0 Å². The van der Waals surface area contributed by atoms with E-state index in [0.717, 1.165) is 6.54 Å². The predicted octanol–water partition coefficient (Wildman–Crippen LogP) is 3.02. The number of hydrogen-bond acceptors (Lipinski definition) is 2. The molecule has 0 aromatic rings. The van der Waals surface area contributed by atoms with Crippen molar-refractivity contribution in [3.05, 3.63) is 0 Å². The summed E-state index contributed by atoms with van der Waals surface area (Å²) in [6.07, 6.45) is 7.82. The van der Waals surface area contributed by atoms with E-state index in [1.165, 1.54) is 45.1 Å². The average Bonchev–Trinajstić information content (AvgIpc) is 2.56. The predicted molar refractivity (Wildman–Crippen MR) is 71.6 cm³/mol. The van der Waals surface area contributed by atoms with Gasteiger partial charge in [-0.3, -0.25) is 4.90 Å². The summed E-state index contributed by atoms with van der Waals surface area (Å²) >= 11 is 0. The first-order valence-corrected chi connectivity index (χ1v) is 6.87. The van der Waals surface area contributed by atoms with E-state index in [1.54, 1.807) is 0 Å². The lowest BCUT2D eigenvalue weighted by molar-refractivity contribution is 0.117. The molecule has 0 aromatic heterocycles. The van der Waals surface area contributed by atoms with Crippen LogP contribution >= 0.6 is 0 Å². The number of rotatable bonds is 6. The van der Waals surface area contributed by atoms with E-state index in [2.05, 4.69) is 32.7 Å². The van der Waals surface area contributed by atoms with Crippen LogP contribution in [0.1, 0.15) is 59.3 Å². The van der Waals surface area contributed by atoms with Crippen LogP contribution in [0.25, 0.3) is 0 Å². The molecule has 1 unspecified atom stereocenters. The second-order valence-electron chi connectivity index (χ2n) is 6.40. The highest BCUT2D eigenvalue weighted by Gasteiger charge is 2.44. The monoisotopic (exact) mass is 226 g/mol. The zero-order valence-corrected chi connectivity index (χ0v) is 11.7. The molecule has 0 amide bonds. The van der Waals surface area contributed by atoms with Crippen molar-refractivity contribution in [1.82, 2.24) is 4.90 Å². The third-order valence-electron chi connectivity index (χ3n) is 4.36. The van der Waals surface area contributed by atoms with Gasteiger partial charge in [-0.1, -0.05) is 33.6 Å². The highest BCUT2D eigenvalue weighted by Crippen LogP contribution is 2.45. The standard InChI is InChI=1S/C14H30N2/c1-5-6-7-10-16(4)14(12-15)9-8-13(2,3)11-14/h5-12,15H2,1-4H3. The lowest BCUT2D eigenvalue weighted by Gasteiger charge is -2.39. The molecule has 1 saturated carbocycles. The molecule has 0 spiro atoms. The number of likely N-dealkylation sites (N-methyl/N-ethyl adjacent to an activating group) is 1. The largest absolute Gasteiger partial charge is 0.329 e. The Hall–Kier alpha value is -0.0800. The van der Waals surface area contributed by atoms with Gasteiger partial charge in [0.2, 0.25) is 0 Å². The first-order chi connectivity index (χ1) is 7.46. The van der Waals surface area contributed by atoms with Crippen LogP contribution in [-0.2, 0) is 0 Å². The van der Waals surface area contributed by atoms with Crippen LogP contribution in [0.2, 0.25) is 0 Å². The van der Waals surface area contributed by atoms with Gasteiger partial charge in [0.05, 0.1) is 0 Å². The Morgan fingerprint density at radius 2 is 1.88 bits per heavy atom. The van der Waals surface area contributed by atoms with E-state index in [1.807, 2.05) is 0 Å². The molecule has 0 aliphatic heterocycles. The van der Waals surface area contributed by atoms with Gasteiger partial charge in [0.1, 0.15) is 0 Å². The summed E-state index contributed by atoms with van der Waals surface area (Å²) in [6, 6.07) is 0. The Morgan fingerprint density at radius 1 is 1.19 bits per heavy atom. The Morgan fingerprint density at radius 3 is 2.31 bits per heavy atom. The fourth-order valence-corrected chi connectivity index (χ4v) is 3.13. The Bertz CT molecular complexity index is 213. The first-order valence-electron chi connectivity index (χ1n) is 6.87. The number of unbranched alkanes of at least 4 members (excludes halogenated alkanes) is 2. The fourth-order valence-electron chi connectivity index (χ4n) is 3.13. The molecular weight excluding hydrogens is 196 g/mol. The van der Waals surface area contributed by atoms with E-state index in [4.69, 9.17) is 5.73 Å². The molecule has 2 nitrogen and oxygen atoms in total. The minimum Gasteiger partial charge on any atom is -0.329 e. The van der Waals surface area contributed by atoms with Crippen LogP contribution in [0.15, 0.2) is 0 Å². The van der Waals surface area contributed by atoms with E-state index >= 15 is 0 Å². The van der Waals surface area contributed by atoms with Crippen LogP contribution in [0, 0.1) is 5.41 Å². The van der Waals surface area contributed by atoms with Gasteiger partial charge >= 0.3 is 0 Å². The van der Waals surface area contributed by atoms with Crippen molar-refractivity contribution in [3.8, 4) is 0 Å². The fraction of sp³-hybridized carbons (Fsp3) is 1.00. The van der Waals surface area contributed by atoms with Crippen molar-refractivity contribution >= 4 is 0 Å². The molecule has 96 valence electrons. The molecule has 0 heterocycles. The molecular formula is C14H30N2. The molecule has 1 rings (SSSR count). The van der Waals surface area contributed by atoms with Gasteiger partial charge in [0.25, 0.3) is 0 Å². The third kappa shape index (κ3) is 3.21. The second kappa shape index (κ2) is 5.50. The lowest BCUT2D eigenvalue weighted by atomic mass is 9.87. The molecule has 0 aromatic carbocycles. The maximum atomic E-state index is 6.05. The Labute approximate surface area is 102 Å². The molecule has 1 fully saturated rings. The molecule has 2 N–H and O–H groups in total. The van der Waals surface area contributed by atoms with E-state index in [-0.39, 0.29) is 5.54 Å². The van der Waals surface area contributed by atoms with Gasteiger partial charge < -0.3 is 5.73 Å². The maximum absolute atomic E-state index is 6.05. The molecule has 0 radical (unpaired) electrons. The normalized spacial score (nSPS) is 28.9. The van der Waals surface area contributed by atoms with Gasteiger partial charge in [-0.2, -0.15) is 0 Å². The zero-order chi connectivity index (χ0) is 12.2. The summed E-state index contributed by atoms with van der Waals surface area (Å²) in [6.45, 7) is 9.05. The smallest absolute Gasteiger partial charge is 0.0333 e. The van der Waals surface area contributed by atoms with Crippen molar-refractivity contribution in [2.45, 2.75) is 64.8 Å². The SMILES string of the molecule is CCCCCN(C)C1(CN)CCC(C)(C)C1. The van der Waals surface area contributed by atoms with E-state index in [0.29, 0.717) is 5.41 Å². The van der Waals surface area contributed by atoms with Crippen LogP contribution in [0.4, 0.5) is 0 Å². The maximum Gasteiger partial charge on any atom is 0.0333 e. The molecule has 16 heavy (non-hydrogen) atoms. The zero-order valence-electron chi connectivity index (χ0n) is 11.7. The summed E-state index contributed by atoms with van der Waals surface area (Å²) in [5.41, 5.74) is 6.83. The van der Waals surface area contributed by atoms with Gasteiger partial charge in [0, 0.05) is 12.1 Å². The van der Waals surface area contributed by atoms with E-state index in [9.17, 15) is 0 Å². The van der Waals surface area contributed by atoms with Crippen molar-refractivity contribution in [2.75, 3.05) is 20.1 Å². The van der Waals surface area contributed by atoms with Crippen LogP contribution < -0.4 is 5.73 Å². The van der Waals surface area contributed by atoms with Crippen LogP contribution in [-0.4, -0.2) is 30.6 Å². The summed E-state index contributed by atoms with van der Waals surface area (Å²) in [5, 5.41) is 0. The summed E-state index contributed by atoms with van der Waals surface area (Å²) in [4.78, 5) is 2.54. The number of nitrogens with zero attached hydrogens (tertiary/aromatic N) is 1. The minimum atomic E-state index is 0.289. The molecule has 0 bridgehead atoms. The number of hydrogen-bond donors (Lipinski definition) is 1. The topological polar surface area (TPSA) is 29.3 Å². The molecule has 1 atom stereocenters.